The number of ether oxygens (including phenoxy) is 1. The van der Waals surface area contributed by atoms with E-state index in [9.17, 15) is 9.59 Å². The molecule has 0 bridgehead atoms. The Bertz CT molecular complexity index is 883. The number of rotatable bonds is 4. The van der Waals surface area contributed by atoms with Gasteiger partial charge in [0.15, 0.2) is 6.61 Å². The predicted octanol–water partition coefficient (Wildman–Crippen LogP) is 2.64. The van der Waals surface area contributed by atoms with Crippen LogP contribution in [0.3, 0.4) is 0 Å². The van der Waals surface area contributed by atoms with Crippen molar-refractivity contribution in [1.82, 2.24) is 13.7 Å². The Balaban J connectivity index is 1.62. The summed E-state index contributed by atoms with van der Waals surface area (Å²) in [5.41, 5.74) is 2.10. The van der Waals surface area contributed by atoms with Crippen LogP contribution in [0.1, 0.15) is 10.4 Å². The molecule has 3 rings (SSSR count). The molecule has 9 heteroatoms. The quantitative estimate of drug-likeness (QED) is 0.685. The number of esters is 1. The summed E-state index contributed by atoms with van der Waals surface area (Å²) in [6, 6.07) is 6.84. The van der Waals surface area contributed by atoms with E-state index in [0.717, 1.165) is 11.7 Å². The molecule has 23 heavy (non-hydrogen) atoms. The average molecular weight is 393 g/mol. The molecule has 0 saturated carbocycles. The van der Waals surface area contributed by atoms with E-state index in [-0.39, 0.29) is 5.56 Å². The first-order valence-corrected chi connectivity index (χ1v) is 7.94. The molecule has 7 nitrogen and oxygen atoms in total. The number of carbonyl (C=O) groups excluding carboxylic acids is 2. The summed E-state index contributed by atoms with van der Waals surface area (Å²) >= 11 is 4.28. The molecule has 2 aromatic heterocycles. The normalized spacial score (nSPS) is 10.5. The van der Waals surface area contributed by atoms with Crippen LogP contribution in [0.25, 0.3) is 11.0 Å². The maximum Gasteiger partial charge on any atom is 0.340 e. The first-order valence-electron chi connectivity index (χ1n) is 6.42. The molecule has 116 valence electrons. The lowest BCUT2D eigenvalue weighted by atomic mass is 10.2. The molecule has 2 heterocycles. The van der Waals surface area contributed by atoms with Crippen LogP contribution in [-0.4, -0.2) is 32.2 Å². The molecule has 1 amide bonds. The van der Waals surface area contributed by atoms with Crippen molar-refractivity contribution in [3.8, 4) is 0 Å². The van der Waals surface area contributed by atoms with E-state index in [4.69, 9.17) is 4.74 Å². The van der Waals surface area contributed by atoms with Crippen molar-refractivity contribution in [1.29, 1.82) is 0 Å². The Hall–Kier alpha value is -2.39. The zero-order valence-electron chi connectivity index (χ0n) is 11.5. The number of benzene rings is 1. The molecule has 1 aromatic carbocycles. The largest absolute Gasteiger partial charge is 0.452 e. The lowest BCUT2D eigenvalue weighted by Crippen LogP contribution is -2.21. The fourth-order valence-electron chi connectivity index (χ4n) is 1.83. The van der Waals surface area contributed by atoms with E-state index in [0.29, 0.717) is 21.2 Å². The number of fused-ring (bicyclic) bond motifs is 1. The van der Waals surface area contributed by atoms with Crippen molar-refractivity contribution < 1.29 is 14.3 Å². The van der Waals surface area contributed by atoms with Gasteiger partial charge in [0, 0.05) is 16.9 Å². The number of pyridine rings is 1. The number of amides is 1. The predicted molar refractivity (Wildman–Crippen MR) is 88.3 cm³/mol. The van der Waals surface area contributed by atoms with E-state index in [2.05, 4.69) is 35.0 Å². The molecule has 0 unspecified atom stereocenters. The summed E-state index contributed by atoms with van der Waals surface area (Å²) in [6.07, 6.45) is 2.92. The van der Waals surface area contributed by atoms with Gasteiger partial charge >= 0.3 is 5.97 Å². The second-order valence-electron chi connectivity index (χ2n) is 4.45. The Morgan fingerprint density at radius 2 is 2.13 bits per heavy atom. The zero-order chi connectivity index (χ0) is 16.2. The van der Waals surface area contributed by atoms with Crippen molar-refractivity contribution in [2.24, 2.45) is 0 Å². The van der Waals surface area contributed by atoms with Gasteiger partial charge in [0.25, 0.3) is 5.91 Å². The molecule has 0 fully saturated rings. The van der Waals surface area contributed by atoms with Gasteiger partial charge in [-0.2, -0.15) is 8.75 Å². The van der Waals surface area contributed by atoms with E-state index in [1.807, 2.05) is 0 Å². The van der Waals surface area contributed by atoms with Crippen LogP contribution in [0.5, 0.6) is 0 Å². The molecular weight excluding hydrogens is 384 g/mol. The highest BCUT2D eigenvalue weighted by molar-refractivity contribution is 9.10. The molecule has 0 radical (unpaired) electrons. The molecule has 0 spiro atoms. The van der Waals surface area contributed by atoms with E-state index in [1.165, 1.54) is 6.20 Å². The second kappa shape index (κ2) is 6.80. The van der Waals surface area contributed by atoms with Crippen LogP contribution in [0, 0.1) is 0 Å². The van der Waals surface area contributed by atoms with Gasteiger partial charge in [-0.05, 0) is 34.1 Å². The summed E-state index contributed by atoms with van der Waals surface area (Å²) in [7, 11) is 0. The lowest BCUT2D eigenvalue weighted by Gasteiger charge is -2.07. The Kier molecular flexibility index (Phi) is 4.58. The maximum absolute atomic E-state index is 11.9. The zero-order valence-corrected chi connectivity index (χ0v) is 13.9. The lowest BCUT2D eigenvalue weighted by molar-refractivity contribution is -0.119. The summed E-state index contributed by atoms with van der Waals surface area (Å²) in [4.78, 5) is 27.6. The van der Waals surface area contributed by atoms with Crippen molar-refractivity contribution >= 4 is 56.3 Å². The SMILES string of the molecule is O=C(COC(=O)c1cncc(Br)c1)Nc1cccc2nsnc12. The minimum Gasteiger partial charge on any atom is -0.452 e. The molecule has 0 atom stereocenters. The summed E-state index contributed by atoms with van der Waals surface area (Å²) in [5, 5.41) is 2.65. The number of anilines is 1. The van der Waals surface area contributed by atoms with Gasteiger partial charge < -0.3 is 10.1 Å². The topological polar surface area (TPSA) is 94.1 Å². The number of halogens is 1. The van der Waals surface area contributed by atoms with Crippen molar-refractivity contribution in [2.75, 3.05) is 11.9 Å². The van der Waals surface area contributed by atoms with Gasteiger partial charge in [-0.25, -0.2) is 4.79 Å². The van der Waals surface area contributed by atoms with Gasteiger partial charge in [-0.3, -0.25) is 9.78 Å². The maximum atomic E-state index is 11.9. The fraction of sp³-hybridized carbons (Fsp3) is 0.0714. The minimum absolute atomic E-state index is 0.262. The van der Waals surface area contributed by atoms with Crippen LogP contribution in [0.15, 0.2) is 41.1 Å². The Morgan fingerprint density at radius 3 is 2.96 bits per heavy atom. The van der Waals surface area contributed by atoms with Crippen molar-refractivity contribution in [3.63, 3.8) is 0 Å². The van der Waals surface area contributed by atoms with Gasteiger partial charge in [0.1, 0.15) is 11.0 Å². The van der Waals surface area contributed by atoms with Crippen LogP contribution in [0.4, 0.5) is 5.69 Å². The van der Waals surface area contributed by atoms with Crippen LogP contribution in [-0.2, 0) is 9.53 Å². The van der Waals surface area contributed by atoms with Crippen molar-refractivity contribution in [2.45, 2.75) is 0 Å². The highest BCUT2D eigenvalue weighted by Crippen LogP contribution is 2.21. The monoisotopic (exact) mass is 392 g/mol. The standard InChI is InChI=1S/C14H9BrN4O3S/c15-9-4-8(5-16-6-9)14(21)22-7-12(20)17-10-2-1-3-11-13(10)19-23-18-11/h1-6H,7H2,(H,17,20). The Labute approximate surface area is 143 Å². The molecule has 3 aromatic rings. The summed E-state index contributed by atoms with van der Waals surface area (Å²) < 4.78 is 13.8. The van der Waals surface area contributed by atoms with E-state index in [1.54, 1.807) is 30.5 Å². The fourth-order valence-corrected chi connectivity index (χ4v) is 2.75. The smallest absolute Gasteiger partial charge is 0.340 e. The van der Waals surface area contributed by atoms with E-state index >= 15 is 0 Å². The van der Waals surface area contributed by atoms with E-state index < -0.39 is 18.5 Å². The molecule has 0 aliphatic carbocycles. The minimum atomic E-state index is -0.623. The van der Waals surface area contributed by atoms with Gasteiger partial charge in [0.05, 0.1) is 23.0 Å². The van der Waals surface area contributed by atoms with Crippen LogP contribution < -0.4 is 5.32 Å². The number of hydrogen-bond acceptors (Lipinski definition) is 7. The number of nitrogens with zero attached hydrogens (tertiary/aromatic N) is 3. The number of hydrogen-bond donors (Lipinski definition) is 1. The summed E-state index contributed by atoms with van der Waals surface area (Å²) in [5.74, 6) is -1.08. The molecule has 0 aliphatic rings. The third-order valence-corrected chi connectivity index (χ3v) is 3.81. The third-order valence-electron chi connectivity index (χ3n) is 2.84. The second-order valence-corrected chi connectivity index (χ2v) is 5.90. The summed E-state index contributed by atoms with van der Waals surface area (Å²) in [6.45, 7) is -0.403. The molecule has 0 aliphatic heterocycles. The highest BCUT2D eigenvalue weighted by atomic mass is 79.9. The molecule has 0 saturated heterocycles. The van der Waals surface area contributed by atoms with Gasteiger partial charge in [0.2, 0.25) is 0 Å². The van der Waals surface area contributed by atoms with Crippen LogP contribution >= 0.6 is 27.7 Å². The van der Waals surface area contributed by atoms with Crippen molar-refractivity contribution in [3.05, 3.63) is 46.7 Å². The number of aromatic nitrogens is 3. The van der Waals surface area contributed by atoms with Gasteiger partial charge in [-0.1, -0.05) is 6.07 Å². The van der Waals surface area contributed by atoms with Gasteiger partial charge in [-0.15, -0.1) is 0 Å². The first-order chi connectivity index (χ1) is 11.1. The number of carbonyl (C=O) groups is 2. The molecular formula is C14H9BrN4O3S. The first kappa shape index (κ1) is 15.5. The highest BCUT2D eigenvalue weighted by Gasteiger charge is 2.13. The molecule has 1 N–H and O–H groups in total. The average Bonchev–Trinajstić information content (AvgIpc) is 3.02. The van der Waals surface area contributed by atoms with Crippen LogP contribution in [0.2, 0.25) is 0 Å². The number of nitrogens with one attached hydrogen (secondary N) is 1. The third kappa shape index (κ3) is 3.69. The Morgan fingerprint density at radius 1 is 1.26 bits per heavy atom.